The van der Waals surface area contributed by atoms with Crippen LogP contribution in [0.2, 0.25) is 0 Å². The molecule has 3 N–H and O–H groups in total. The van der Waals surface area contributed by atoms with Crippen LogP contribution in [0, 0.1) is 34.5 Å². The van der Waals surface area contributed by atoms with Crippen LogP contribution in [0.5, 0.6) is 0 Å². The summed E-state index contributed by atoms with van der Waals surface area (Å²) in [7, 11) is 0. The first-order chi connectivity index (χ1) is 15.1. The lowest BCUT2D eigenvalue weighted by Gasteiger charge is -2.56. The fourth-order valence-corrected chi connectivity index (χ4v) is 8.58. The average molecular weight is 445 g/mol. The van der Waals surface area contributed by atoms with E-state index in [9.17, 15) is 15.3 Å². The molecule has 0 amide bonds. The molecule has 0 heterocycles. The number of aliphatic hydroxyl groups is 3. The normalized spacial score (nSPS) is 42.4. The van der Waals surface area contributed by atoms with Crippen LogP contribution in [0.25, 0.3) is 0 Å². The molecule has 3 saturated carbocycles. The fourth-order valence-electron chi connectivity index (χ4n) is 8.58. The molecule has 0 aliphatic heterocycles. The van der Waals surface area contributed by atoms with Crippen molar-refractivity contribution in [1.29, 1.82) is 0 Å². The molecular weight excluding hydrogens is 396 g/mol. The van der Waals surface area contributed by atoms with Gasteiger partial charge in [-0.15, -0.1) is 0 Å². The largest absolute Gasteiger partial charge is 0.393 e. The van der Waals surface area contributed by atoms with E-state index in [1.54, 1.807) is 5.57 Å². The molecule has 4 rings (SSSR count). The molecule has 0 aromatic carbocycles. The van der Waals surface area contributed by atoms with Gasteiger partial charge in [0.25, 0.3) is 0 Å². The average Bonchev–Trinajstić information content (AvgIpc) is 3.12. The smallest absolute Gasteiger partial charge is 0.0661 e. The highest BCUT2D eigenvalue weighted by Crippen LogP contribution is 2.66. The van der Waals surface area contributed by atoms with Crippen molar-refractivity contribution in [1.82, 2.24) is 0 Å². The summed E-state index contributed by atoms with van der Waals surface area (Å²) in [6.07, 6.45) is 15.0. The highest BCUT2D eigenvalue weighted by molar-refractivity contribution is 5.40. The second-order valence-corrected chi connectivity index (χ2v) is 12.4. The Bertz CT molecular complexity index is 750. The van der Waals surface area contributed by atoms with E-state index in [2.05, 4.69) is 46.8 Å². The molecule has 4 aliphatic carbocycles. The van der Waals surface area contributed by atoms with Crippen LogP contribution in [0.1, 0.15) is 105 Å². The van der Waals surface area contributed by atoms with E-state index in [-0.39, 0.29) is 5.41 Å². The fraction of sp³-hybridized carbons (Fsp3) is 0.862. The Morgan fingerprint density at radius 2 is 1.78 bits per heavy atom. The lowest BCUT2D eigenvalue weighted by Crippen LogP contribution is -2.52. The molecule has 4 aliphatic rings. The standard InChI is InChI=1S/C29H48O3/c1-6-29(32,7-2)15-8-9-19(3)23-12-13-24-22-11-10-20-17-21(30)18-26(31)28(20,5)25(22)14-16-27(23,24)4/h10-11,19,21,23-26,30-32H,6-9,12-18H2,1-5H3/t19-,21-,23-,24+,25+,26+,27-,28+/m1/s1. The first kappa shape index (κ1) is 24.5. The van der Waals surface area contributed by atoms with E-state index in [0.29, 0.717) is 29.6 Å². The van der Waals surface area contributed by atoms with Gasteiger partial charge in [-0.2, -0.15) is 0 Å². The first-order valence-electron chi connectivity index (χ1n) is 13.6. The van der Waals surface area contributed by atoms with Crippen LogP contribution in [0.4, 0.5) is 0 Å². The molecule has 182 valence electrons. The van der Waals surface area contributed by atoms with E-state index in [4.69, 9.17) is 0 Å². The van der Waals surface area contributed by atoms with Crippen molar-refractivity contribution < 1.29 is 15.3 Å². The summed E-state index contributed by atoms with van der Waals surface area (Å²) in [5, 5.41) is 32.0. The van der Waals surface area contributed by atoms with Crippen LogP contribution in [0.15, 0.2) is 23.3 Å². The van der Waals surface area contributed by atoms with Gasteiger partial charge in [0.15, 0.2) is 0 Å². The van der Waals surface area contributed by atoms with E-state index in [1.165, 1.54) is 31.3 Å². The Hall–Kier alpha value is -0.640. The van der Waals surface area contributed by atoms with Crippen molar-refractivity contribution in [3.05, 3.63) is 23.3 Å². The van der Waals surface area contributed by atoms with Crippen molar-refractivity contribution in [3.8, 4) is 0 Å². The summed E-state index contributed by atoms with van der Waals surface area (Å²) < 4.78 is 0. The second kappa shape index (κ2) is 8.86. The third-order valence-corrected chi connectivity index (χ3v) is 11.0. The number of rotatable bonds is 7. The van der Waals surface area contributed by atoms with Gasteiger partial charge in [-0.25, -0.2) is 0 Å². The molecule has 0 unspecified atom stereocenters. The third-order valence-electron chi connectivity index (χ3n) is 11.0. The molecule has 0 spiro atoms. The SMILES string of the molecule is CCC(O)(CC)CCC[C@@H](C)[C@H]1CC[C@H]2C3=CC=C4C[C@@H](O)C[C@H](O)[C@]4(C)[C@H]3CC[C@]12C. The lowest BCUT2D eigenvalue weighted by molar-refractivity contribution is -0.0546. The number of hydrogen-bond acceptors (Lipinski definition) is 3. The highest BCUT2D eigenvalue weighted by Gasteiger charge is 2.58. The van der Waals surface area contributed by atoms with E-state index in [0.717, 1.165) is 44.4 Å². The zero-order valence-electron chi connectivity index (χ0n) is 21.2. The zero-order chi connectivity index (χ0) is 23.3. The maximum absolute atomic E-state index is 11.1. The summed E-state index contributed by atoms with van der Waals surface area (Å²) in [5.41, 5.74) is 2.55. The summed E-state index contributed by atoms with van der Waals surface area (Å²) >= 11 is 0. The minimum Gasteiger partial charge on any atom is -0.393 e. The van der Waals surface area contributed by atoms with Crippen LogP contribution in [-0.4, -0.2) is 33.1 Å². The molecule has 0 radical (unpaired) electrons. The second-order valence-electron chi connectivity index (χ2n) is 12.4. The van der Waals surface area contributed by atoms with Gasteiger partial charge >= 0.3 is 0 Å². The molecule has 0 aromatic heterocycles. The summed E-state index contributed by atoms with van der Waals surface area (Å²) in [5.74, 6) is 2.51. The van der Waals surface area contributed by atoms with E-state index >= 15 is 0 Å². The zero-order valence-corrected chi connectivity index (χ0v) is 21.2. The molecule has 3 heteroatoms. The topological polar surface area (TPSA) is 60.7 Å². The van der Waals surface area contributed by atoms with Gasteiger partial charge in [0.2, 0.25) is 0 Å². The van der Waals surface area contributed by atoms with Crippen LogP contribution >= 0.6 is 0 Å². The predicted molar refractivity (Wildman–Crippen MR) is 131 cm³/mol. The molecule has 0 bridgehead atoms. The quantitative estimate of drug-likeness (QED) is 0.440. The van der Waals surface area contributed by atoms with Gasteiger partial charge in [0.05, 0.1) is 17.8 Å². The number of aliphatic hydroxyl groups excluding tert-OH is 2. The molecular formula is C29H48O3. The Labute approximate surface area is 196 Å². The van der Waals surface area contributed by atoms with Crippen LogP contribution in [0.3, 0.4) is 0 Å². The van der Waals surface area contributed by atoms with Gasteiger partial charge in [0, 0.05) is 11.8 Å². The summed E-state index contributed by atoms with van der Waals surface area (Å²) in [4.78, 5) is 0. The van der Waals surface area contributed by atoms with Crippen molar-refractivity contribution in [2.45, 2.75) is 123 Å². The summed E-state index contributed by atoms with van der Waals surface area (Å²) in [6, 6.07) is 0. The monoisotopic (exact) mass is 444 g/mol. The van der Waals surface area contributed by atoms with Gasteiger partial charge in [-0.3, -0.25) is 0 Å². The van der Waals surface area contributed by atoms with Gasteiger partial charge in [-0.1, -0.05) is 70.8 Å². The van der Waals surface area contributed by atoms with Crippen LogP contribution in [-0.2, 0) is 0 Å². The number of hydrogen-bond donors (Lipinski definition) is 3. The van der Waals surface area contributed by atoms with Crippen molar-refractivity contribution in [2.24, 2.45) is 34.5 Å². The number of fused-ring (bicyclic) bond motifs is 5. The van der Waals surface area contributed by atoms with Crippen LogP contribution < -0.4 is 0 Å². The number of allylic oxidation sites excluding steroid dienone is 3. The van der Waals surface area contributed by atoms with Crippen molar-refractivity contribution in [2.75, 3.05) is 0 Å². The molecule has 8 atom stereocenters. The maximum atomic E-state index is 11.1. The Balaban J connectivity index is 1.49. The Kier molecular flexibility index (Phi) is 6.78. The minimum absolute atomic E-state index is 0.195. The van der Waals surface area contributed by atoms with E-state index in [1.807, 2.05) is 0 Å². The van der Waals surface area contributed by atoms with Gasteiger partial charge in [-0.05, 0) is 80.5 Å². The Morgan fingerprint density at radius 1 is 1.06 bits per heavy atom. The van der Waals surface area contributed by atoms with Gasteiger partial charge < -0.3 is 15.3 Å². The van der Waals surface area contributed by atoms with E-state index < -0.39 is 17.8 Å². The van der Waals surface area contributed by atoms with Crippen molar-refractivity contribution in [3.63, 3.8) is 0 Å². The minimum atomic E-state index is -0.472. The molecule has 3 nitrogen and oxygen atoms in total. The van der Waals surface area contributed by atoms with Crippen molar-refractivity contribution >= 4 is 0 Å². The van der Waals surface area contributed by atoms with Gasteiger partial charge in [0.1, 0.15) is 0 Å². The molecule has 32 heavy (non-hydrogen) atoms. The molecule has 0 aromatic rings. The third kappa shape index (κ3) is 3.85. The Morgan fingerprint density at radius 3 is 2.47 bits per heavy atom. The summed E-state index contributed by atoms with van der Waals surface area (Å²) in [6.45, 7) is 11.5. The lowest BCUT2D eigenvalue weighted by atomic mass is 9.49. The highest BCUT2D eigenvalue weighted by atomic mass is 16.3. The predicted octanol–water partition coefficient (Wildman–Crippen LogP) is 6.17. The first-order valence-corrected chi connectivity index (χ1v) is 13.6. The molecule has 3 fully saturated rings. The maximum Gasteiger partial charge on any atom is 0.0661 e. The molecule has 0 saturated heterocycles.